The SMILES string of the molecule is CC(C)CCN(CC(C)(NC(C)C)C(=O)O)C1CC1. The summed E-state index contributed by atoms with van der Waals surface area (Å²) in [6, 6.07) is 0.777. The Bertz CT molecular complexity index is 301. The molecule has 1 aliphatic rings. The van der Waals surface area contributed by atoms with Crippen molar-refractivity contribution in [3.05, 3.63) is 0 Å². The highest BCUT2D eigenvalue weighted by Gasteiger charge is 2.39. The lowest BCUT2D eigenvalue weighted by atomic mass is 9.99. The summed E-state index contributed by atoms with van der Waals surface area (Å²) in [6.45, 7) is 11.8. The van der Waals surface area contributed by atoms with Gasteiger partial charge < -0.3 is 5.11 Å². The first kappa shape index (κ1) is 16.4. The third kappa shape index (κ3) is 5.49. The van der Waals surface area contributed by atoms with E-state index in [1.165, 1.54) is 12.8 Å². The minimum atomic E-state index is -0.853. The Morgan fingerprint density at radius 1 is 1.37 bits per heavy atom. The van der Waals surface area contributed by atoms with Gasteiger partial charge in [-0.2, -0.15) is 0 Å². The van der Waals surface area contributed by atoms with Gasteiger partial charge in [-0.25, -0.2) is 0 Å². The lowest BCUT2D eigenvalue weighted by Gasteiger charge is -2.35. The summed E-state index contributed by atoms with van der Waals surface area (Å²) < 4.78 is 0. The number of rotatable bonds is 9. The van der Waals surface area contributed by atoms with Crippen molar-refractivity contribution in [1.82, 2.24) is 10.2 Å². The molecule has 1 unspecified atom stereocenters. The van der Waals surface area contributed by atoms with Crippen molar-refractivity contribution in [3.63, 3.8) is 0 Å². The number of aliphatic carboxylic acids is 1. The number of carbonyl (C=O) groups is 1. The number of carboxylic acid groups (broad SMARTS) is 1. The average molecular weight is 270 g/mol. The predicted octanol–water partition coefficient (Wildman–Crippen LogP) is 2.34. The molecule has 4 heteroatoms. The number of nitrogens with one attached hydrogen (secondary N) is 1. The van der Waals surface area contributed by atoms with Crippen LogP contribution in [0.2, 0.25) is 0 Å². The van der Waals surface area contributed by atoms with Crippen LogP contribution in [0.3, 0.4) is 0 Å². The van der Waals surface area contributed by atoms with E-state index in [-0.39, 0.29) is 6.04 Å². The second-order valence-corrected chi connectivity index (χ2v) is 6.82. The Labute approximate surface area is 117 Å². The summed E-state index contributed by atoms with van der Waals surface area (Å²) in [6.07, 6.45) is 3.57. The number of nitrogens with zero attached hydrogens (tertiary/aromatic N) is 1. The fraction of sp³-hybridized carbons (Fsp3) is 0.933. The van der Waals surface area contributed by atoms with Crippen LogP contribution in [0.5, 0.6) is 0 Å². The molecule has 0 saturated heterocycles. The molecule has 19 heavy (non-hydrogen) atoms. The lowest BCUT2D eigenvalue weighted by molar-refractivity contribution is -0.145. The summed E-state index contributed by atoms with van der Waals surface area (Å²) in [4.78, 5) is 13.9. The van der Waals surface area contributed by atoms with E-state index in [9.17, 15) is 9.90 Å². The van der Waals surface area contributed by atoms with Crippen molar-refractivity contribution in [2.75, 3.05) is 13.1 Å². The molecule has 1 fully saturated rings. The van der Waals surface area contributed by atoms with E-state index in [4.69, 9.17) is 0 Å². The molecule has 112 valence electrons. The Balaban J connectivity index is 2.65. The Morgan fingerprint density at radius 2 is 1.95 bits per heavy atom. The van der Waals surface area contributed by atoms with Gasteiger partial charge in [0.05, 0.1) is 0 Å². The molecule has 0 amide bonds. The van der Waals surface area contributed by atoms with Gasteiger partial charge in [-0.1, -0.05) is 13.8 Å². The molecule has 1 saturated carbocycles. The number of hydrogen-bond donors (Lipinski definition) is 2. The Hall–Kier alpha value is -0.610. The second kappa shape index (κ2) is 6.71. The molecule has 1 rings (SSSR count). The van der Waals surface area contributed by atoms with Crippen LogP contribution in [-0.4, -0.2) is 46.7 Å². The molecular weight excluding hydrogens is 240 g/mol. The lowest BCUT2D eigenvalue weighted by Crippen LogP contribution is -2.59. The van der Waals surface area contributed by atoms with Gasteiger partial charge in [0.15, 0.2) is 0 Å². The zero-order chi connectivity index (χ0) is 14.6. The van der Waals surface area contributed by atoms with Gasteiger partial charge in [-0.05, 0) is 52.5 Å². The predicted molar refractivity (Wildman–Crippen MR) is 78.4 cm³/mol. The maximum Gasteiger partial charge on any atom is 0.324 e. The summed E-state index contributed by atoms with van der Waals surface area (Å²) in [5, 5.41) is 12.7. The molecule has 2 N–H and O–H groups in total. The highest BCUT2D eigenvalue weighted by atomic mass is 16.4. The van der Waals surface area contributed by atoms with E-state index in [1.807, 2.05) is 13.8 Å². The quantitative estimate of drug-likeness (QED) is 0.675. The van der Waals surface area contributed by atoms with Crippen molar-refractivity contribution in [2.45, 2.75) is 71.5 Å². The Morgan fingerprint density at radius 3 is 2.32 bits per heavy atom. The summed E-state index contributed by atoms with van der Waals surface area (Å²) >= 11 is 0. The molecule has 4 nitrogen and oxygen atoms in total. The van der Waals surface area contributed by atoms with E-state index in [0.29, 0.717) is 18.5 Å². The molecule has 0 heterocycles. The zero-order valence-electron chi connectivity index (χ0n) is 13.1. The van der Waals surface area contributed by atoms with Crippen molar-refractivity contribution in [1.29, 1.82) is 0 Å². The third-order valence-electron chi connectivity index (χ3n) is 3.66. The van der Waals surface area contributed by atoms with Gasteiger partial charge in [0.1, 0.15) is 5.54 Å². The first-order chi connectivity index (χ1) is 8.74. The second-order valence-electron chi connectivity index (χ2n) is 6.82. The van der Waals surface area contributed by atoms with E-state index >= 15 is 0 Å². The molecule has 0 aromatic heterocycles. The van der Waals surface area contributed by atoms with Crippen molar-refractivity contribution in [3.8, 4) is 0 Å². The van der Waals surface area contributed by atoms with Gasteiger partial charge >= 0.3 is 5.97 Å². The van der Waals surface area contributed by atoms with E-state index in [1.54, 1.807) is 6.92 Å². The smallest absolute Gasteiger partial charge is 0.324 e. The largest absolute Gasteiger partial charge is 0.480 e. The van der Waals surface area contributed by atoms with Crippen molar-refractivity contribution >= 4 is 5.97 Å². The van der Waals surface area contributed by atoms with Crippen LogP contribution in [0, 0.1) is 5.92 Å². The van der Waals surface area contributed by atoms with Crippen LogP contribution < -0.4 is 5.32 Å². The van der Waals surface area contributed by atoms with Crippen molar-refractivity contribution < 1.29 is 9.90 Å². The highest BCUT2D eigenvalue weighted by molar-refractivity contribution is 5.78. The number of hydrogen-bond acceptors (Lipinski definition) is 3. The van der Waals surface area contributed by atoms with E-state index < -0.39 is 11.5 Å². The fourth-order valence-electron chi connectivity index (χ4n) is 2.47. The summed E-state index contributed by atoms with van der Waals surface area (Å²) in [5.74, 6) is -0.0909. The van der Waals surface area contributed by atoms with Gasteiger partial charge in [-0.3, -0.25) is 15.0 Å². The zero-order valence-corrected chi connectivity index (χ0v) is 13.1. The fourth-order valence-corrected chi connectivity index (χ4v) is 2.47. The molecule has 0 spiro atoms. The molecule has 1 aliphatic carbocycles. The molecule has 0 aliphatic heterocycles. The molecule has 0 bridgehead atoms. The molecule has 1 atom stereocenters. The molecule has 0 aromatic carbocycles. The van der Waals surface area contributed by atoms with Gasteiger partial charge in [0, 0.05) is 18.6 Å². The van der Waals surface area contributed by atoms with E-state index in [2.05, 4.69) is 24.1 Å². The monoisotopic (exact) mass is 270 g/mol. The van der Waals surface area contributed by atoms with Crippen molar-refractivity contribution in [2.24, 2.45) is 5.92 Å². The summed E-state index contributed by atoms with van der Waals surface area (Å²) in [5.41, 5.74) is -0.853. The van der Waals surface area contributed by atoms with Crippen LogP contribution in [0.4, 0.5) is 0 Å². The van der Waals surface area contributed by atoms with Gasteiger partial charge in [-0.15, -0.1) is 0 Å². The minimum Gasteiger partial charge on any atom is -0.480 e. The minimum absolute atomic E-state index is 0.173. The molecule has 0 aromatic rings. The first-order valence-corrected chi connectivity index (χ1v) is 7.49. The maximum atomic E-state index is 11.6. The Kier molecular flexibility index (Phi) is 5.81. The molecular formula is C15H30N2O2. The first-order valence-electron chi connectivity index (χ1n) is 7.49. The van der Waals surface area contributed by atoms with Gasteiger partial charge in [0.2, 0.25) is 0 Å². The van der Waals surface area contributed by atoms with Crippen LogP contribution in [0.15, 0.2) is 0 Å². The maximum absolute atomic E-state index is 11.6. The average Bonchev–Trinajstić information content (AvgIpc) is 3.06. The topological polar surface area (TPSA) is 52.6 Å². The van der Waals surface area contributed by atoms with Gasteiger partial charge in [0.25, 0.3) is 0 Å². The summed E-state index contributed by atoms with van der Waals surface area (Å²) in [7, 11) is 0. The normalized spacial score (nSPS) is 19.2. The third-order valence-corrected chi connectivity index (χ3v) is 3.66. The van der Waals surface area contributed by atoms with Crippen LogP contribution in [0.25, 0.3) is 0 Å². The molecule has 0 radical (unpaired) electrons. The standard InChI is InChI=1S/C15H30N2O2/c1-11(2)8-9-17(13-6-7-13)10-15(5,14(18)19)16-12(3)4/h11-13,16H,6-10H2,1-5H3,(H,18,19). The highest BCUT2D eigenvalue weighted by Crippen LogP contribution is 2.29. The van der Waals surface area contributed by atoms with E-state index in [0.717, 1.165) is 13.0 Å². The van der Waals surface area contributed by atoms with Crippen LogP contribution in [-0.2, 0) is 4.79 Å². The number of carboxylic acids is 1. The van der Waals surface area contributed by atoms with Crippen LogP contribution >= 0.6 is 0 Å². The van der Waals surface area contributed by atoms with Crippen LogP contribution in [0.1, 0.15) is 53.9 Å².